The van der Waals surface area contributed by atoms with E-state index in [1.807, 2.05) is 6.92 Å². The third kappa shape index (κ3) is 6.80. The highest BCUT2D eigenvalue weighted by atomic mass is 16.7. The van der Waals surface area contributed by atoms with E-state index >= 15 is 0 Å². The van der Waals surface area contributed by atoms with Gasteiger partial charge in [0.15, 0.2) is 18.2 Å². The lowest BCUT2D eigenvalue weighted by atomic mass is 9.76. The summed E-state index contributed by atoms with van der Waals surface area (Å²) in [5, 5.41) is 22.7. The molecular weight excluding hydrogens is 534 g/mol. The van der Waals surface area contributed by atoms with Crippen molar-refractivity contribution >= 4 is 17.8 Å². The van der Waals surface area contributed by atoms with Crippen molar-refractivity contribution < 1.29 is 48.3 Å². The van der Waals surface area contributed by atoms with Crippen LogP contribution in [0.2, 0.25) is 0 Å². The van der Waals surface area contributed by atoms with Crippen LogP contribution in [-0.4, -0.2) is 101 Å². The van der Waals surface area contributed by atoms with E-state index < -0.39 is 71.7 Å². The second kappa shape index (κ2) is 12.7. The fourth-order valence-electron chi connectivity index (χ4n) is 6.59. The number of aliphatic hydroxyl groups is 2. The number of likely N-dealkylation sites (N-methyl/N-ethyl adjacent to an activating group) is 1. The van der Waals surface area contributed by atoms with Gasteiger partial charge in [-0.05, 0) is 65.5 Å². The molecule has 234 valence electrons. The molecule has 2 N–H and O–H groups in total. The standard InChI is InChI=1S/C30H49NO10/c1-11-21-29(7,36)13-15(2)22(32)16(3)14-30(8,37-10)25(18(5)23(33)19(6)26(34)39-21)41-27-24-20(12-17(4)38-27)31(9)28(35)40-24/h13,16-21,23-25,27,33,36H,11-12,14H2,1-10H3/b15-13+/t16-,17-,18+,19-,20+,21-,23+,24?,25-,27?,29+,30-/m1/s1. The molecule has 2 fully saturated rings. The number of carbonyl (C=O) groups excluding carboxylic acids is 3. The Balaban J connectivity index is 2.07. The molecule has 0 aromatic rings. The number of methoxy groups -OCH3 is 1. The minimum absolute atomic E-state index is 0.198. The monoisotopic (exact) mass is 583 g/mol. The van der Waals surface area contributed by atoms with Gasteiger partial charge in [-0.1, -0.05) is 20.8 Å². The molecule has 3 heterocycles. The predicted octanol–water partition coefficient (Wildman–Crippen LogP) is 2.99. The minimum Gasteiger partial charge on any atom is -0.459 e. The molecule has 12 atom stereocenters. The highest BCUT2D eigenvalue weighted by molar-refractivity contribution is 5.96. The SMILES string of the molecule is CC[C@H]1OC(=O)[C@H](C)[C@@H](O)[C@H](C)[C@@H](OC2O[C@H](C)C[C@H]3C2OC(=O)N3C)[C@](C)(OC)C[C@@H](C)C(=O)/C(C)=C/[C@]1(C)O. The Hall–Kier alpha value is -2.05. The lowest BCUT2D eigenvalue weighted by Crippen LogP contribution is -2.58. The van der Waals surface area contributed by atoms with Crippen LogP contribution in [0.15, 0.2) is 11.6 Å². The van der Waals surface area contributed by atoms with Crippen molar-refractivity contribution in [3.8, 4) is 0 Å². The summed E-state index contributed by atoms with van der Waals surface area (Å²) in [6, 6.07) is -0.259. The van der Waals surface area contributed by atoms with E-state index in [4.69, 9.17) is 23.7 Å². The van der Waals surface area contributed by atoms with Crippen molar-refractivity contribution in [3.63, 3.8) is 0 Å². The number of nitrogens with zero attached hydrogens (tertiary/aromatic N) is 1. The average Bonchev–Trinajstić information content (AvgIpc) is 3.20. The molecule has 0 aromatic heterocycles. The molecule has 0 saturated carbocycles. The van der Waals surface area contributed by atoms with Gasteiger partial charge in [0.1, 0.15) is 11.7 Å². The normalized spacial score (nSPS) is 46.2. The van der Waals surface area contributed by atoms with Gasteiger partial charge >= 0.3 is 12.1 Å². The van der Waals surface area contributed by atoms with Crippen molar-refractivity contribution in [2.45, 2.75) is 129 Å². The van der Waals surface area contributed by atoms with Gasteiger partial charge in [-0.2, -0.15) is 0 Å². The van der Waals surface area contributed by atoms with Crippen LogP contribution in [0, 0.1) is 17.8 Å². The van der Waals surface area contributed by atoms with Gasteiger partial charge in [-0.15, -0.1) is 0 Å². The number of aliphatic hydroxyl groups excluding tert-OH is 1. The maximum absolute atomic E-state index is 13.5. The van der Waals surface area contributed by atoms with Gasteiger partial charge in [0, 0.05) is 26.0 Å². The number of cyclic esters (lactones) is 1. The Morgan fingerprint density at radius 2 is 1.76 bits per heavy atom. The fraction of sp³-hybridized carbons (Fsp3) is 0.833. The largest absolute Gasteiger partial charge is 0.459 e. The minimum atomic E-state index is -1.60. The second-order valence-electron chi connectivity index (χ2n) is 12.6. The third-order valence-electron chi connectivity index (χ3n) is 9.20. The molecule has 3 aliphatic rings. The molecule has 11 heteroatoms. The lowest BCUT2D eigenvalue weighted by Gasteiger charge is -2.46. The number of rotatable bonds is 4. The zero-order chi connectivity index (χ0) is 31.0. The predicted molar refractivity (Wildman–Crippen MR) is 149 cm³/mol. The Morgan fingerprint density at radius 3 is 2.34 bits per heavy atom. The zero-order valence-corrected chi connectivity index (χ0v) is 26.1. The van der Waals surface area contributed by atoms with Crippen molar-refractivity contribution in [1.29, 1.82) is 0 Å². The molecule has 0 radical (unpaired) electrons. The summed E-state index contributed by atoms with van der Waals surface area (Å²) in [4.78, 5) is 40.7. The first kappa shape index (κ1) is 33.5. The third-order valence-corrected chi connectivity index (χ3v) is 9.20. The van der Waals surface area contributed by atoms with Crippen LogP contribution in [0.25, 0.3) is 0 Å². The molecule has 11 nitrogen and oxygen atoms in total. The van der Waals surface area contributed by atoms with Crippen molar-refractivity contribution in [1.82, 2.24) is 4.90 Å². The summed E-state index contributed by atoms with van der Waals surface area (Å²) in [7, 11) is 3.18. The maximum atomic E-state index is 13.5. The van der Waals surface area contributed by atoms with Crippen LogP contribution in [0.3, 0.4) is 0 Å². The van der Waals surface area contributed by atoms with Gasteiger partial charge in [0.05, 0.1) is 35.9 Å². The van der Waals surface area contributed by atoms with Gasteiger partial charge in [-0.3, -0.25) is 9.59 Å². The van der Waals surface area contributed by atoms with E-state index in [1.165, 1.54) is 25.0 Å². The summed E-state index contributed by atoms with van der Waals surface area (Å²) in [5.74, 6) is -3.16. The summed E-state index contributed by atoms with van der Waals surface area (Å²) in [6.45, 7) is 13.7. The molecule has 2 saturated heterocycles. The molecule has 3 aliphatic heterocycles. The number of esters is 1. The molecule has 1 amide bonds. The van der Waals surface area contributed by atoms with Crippen LogP contribution in [-0.2, 0) is 33.3 Å². The van der Waals surface area contributed by atoms with E-state index in [-0.39, 0.29) is 24.3 Å². The van der Waals surface area contributed by atoms with Gasteiger partial charge in [0.2, 0.25) is 0 Å². The first-order valence-corrected chi connectivity index (χ1v) is 14.6. The topological polar surface area (TPSA) is 141 Å². The Bertz CT molecular complexity index is 1010. The van der Waals surface area contributed by atoms with Crippen molar-refractivity contribution in [2.75, 3.05) is 14.2 Å². The van der Waals surface area contributed by atoms with E-state index in [2.05, 4.69) is 0 Å². The van der Waals surface area contributed by atoms with Crippen LogP contribution in [0.5, 0.6) is 0 Å². The summed E-state index contributed by atoms with van der Waals surface area (Å²) < 4.78 is 30.1. The Morgan fingerprint density at radius 1 is 1.12 bits per heavy atom. The highest BCUT2D eigenvalue weighted by Gasteiger charge is 2.53. The number of amides is 1. The average molecular weight is 584 g/mol. The molecule has 0 spiro atoms. The smallest absolute Gasteiger partial charge is 0.410 e. The number of Topliss-reactive ketones (excluding diaryl/α,β-unsaturated/α-hetero) is 1. The lowest BCUT2D eigenvalue weighted by molar-refractivity contribution is -0.291. The van der Waals surface area contributed by atoms with Crippen LogP contribution < -0.4 is 0 Å². The fourth-order valence-corrected chi connectivity index (χ4v) is 6.59. The quantitative estimate of drug-likeness (QED) is 0.475. The van der Waals surface area contributed by atoms with E-state index in [1.54, 1.807) is 48.6 Å². The molecule has 0 aromatic carbocycles. The Labute approximate surface area is 243 Å². The molecular formula is C30H49NO10. The molecule has 41 heavy (non-hydrogen) atoms. The highest BCUT2D eigenvalue weighted by Crippen LogP contribution is 2.40. The molecule has 3 rings (SSSR count). The number of allylic oxidation sites excluding steroid dienone is 1. The van der Waals surface area contributed by atoms with Crippen LogP contribution in [0.1, 0.15) is 74.7 Å². The molecule has 2 unspecified atom stereocenters. The number of ether oxygens (including phenoxy) is 5. The van der Waals surface area contributed by atoms with E-state index in [0.717, 1.165) is 0 Å². The Kier molecular flexibility index (Phi) is 10.3. The number of hydrogen-bond donors (Lipinski definition) is 2. The van der Waals surface area contributed by atoms with E-state index in [9.17, 15) is 24.6 Å². The summed E-state index contributed by atoms with van der Waals surface area (Å²) >= 11 is 0. The number of hydrogen-bond acceptors (Lipinski definition) is 10. The van der Waals surface area contributed by atoms with Crippen LogP contribution in [0.4, 0.5) is 4.79 Å². The van der Waals surface area contributed by atoms with Gasteiger partial charge in [-0.25, -0.2) is 4.79 Å². The number of carbonyl (C=O) groups is 3. The number of ketones is 1. The van der Waals surface area contributed by atoms with Gasteiger partial charge in [0.25, 0.3) is 0 Å². The zero-order valence-electron chi connectivity index (χ0n) is 26.1. The number of fused-ring (bicyclic) bond motifs is 1. The van der Waals surface area contributed by atoms with Crippen molar-refractivity contribution in [3.05, 3.63) is 11.6 Å². The van der Waals surface area contributed by atoms with E-state index in [0.29, 0.717) is 18.4 Å². The first-order chi connectivity index (χ1) is 19.0. The summed E-state index contributed by atoms with van der Waals surface area (Å²) in [6.07, 6.45) is -2.98. The second-order valence-corrected chi connectivity index (χ2v) is 12.6. The van der Waals surface area contributed by atoms with Crippen LogP contribution >= 0.6 is 0 Å². The molecule has 0 bridgehead atoms. The van der Waals surface area contributed by atoms with Gasteiger partial charge < -0.3 is 38.8 Å². The summed E-state index contributed by atoms with van der Waals surface area (Å²) in [5.41, 5.74) is -2.41. The molecule has 0 aliphatic carbocycles. The van der Waals surface area contributed by atoms with Crippen molar-refractivity contribution in [2.24, 2.45) is 17.8 Å². The maximum Gasteiger partial charge on any atom is 0.410 e. The first-order valence-electron chi connectivity index (χ1n) is 14.6.